The summed E-state index contributed by atoms with van der Waals surface area (Å²) in [7, 11) is 0. The summed E-state index contributed by atoms with van der Waals surface area (Å²) in [6.07, 6.45) is 1.55. The van der Waals surface area contributed by atoms with Gasteiger partial charge in [-0.1, -0.05) is 12.1 Å². The summed E-state index contributed by atoms with van der Waals surface area (Å²) in [4.78, 5) is 52.1. The average molecular weight is 500 g/mol. The molecule has 0 bridgehead atoms. The van der Waals surface area contributed by atoms with Crippen molar-refractivity contribution in [3.8, 4) is 5.75 Å². The van der Waals surface area contributed by atoms with Gasteiger partial charge in [0.2, 0.25) is 5.91 Å². The summed E-state index contributed by atoms with van der Waals surface area (Å²) in [5.74, 6) is -1.22. The number of amides is 4. The number of ether oxygens (including phenoxy) is 2. The van der Waals surface area contributed by atoms with Crippen LogP contribution in [0.1, 0.15) is 5.56 Å². The molecule has 35 heavy (non-hydrogen) atoms. The fraction of sp³-hybridized carbons (Fsp3) is 0.250. The van der Waals surface area contributed by atoms with E-state index in [0.29, 0.717) is 43.3 Å². The van der Waals surface area contributed by atoms with Crippen LogP contribution in [0, 0.1) is 5.82 Å². The van der Waals surface area contributed by atoms with E-state index in [4.69, 9.17) is 9.47 Å². The SMILES string of the molecule is O=C(CN1C(=O)S/C(=C/c2ccc(OCC(=O)N3CCOCC3)cc2)C1=O)Nc1ccc(F)cc1. The second-order valence-corrected chi connectivity index (χ2v) is 8.67. The first-order valence-corrected chi connectivity index (χ1v) is 11.6. The van der Waals surface area contributed by atoms with Crippen LogP contribution >= 0.6 is 11.8 Å². The van der Waals surface area contributed by atoms with Crippen LogP contribution in [0.5, 0.6) is 5.75 Å². The van der Waals surface area contributed by atoms with Crippen LogP contribution in [-0.2, 0) is 19.1 Å². The van der Waals surface area contributed by atoms with E-state index in [-0.39, 0.29) is 17.4 Å². The average Bonchev–Trinajstić information content (AvgIpc) is 3.12. The zero-order valence-corrected chi connectivity index (χ0v) is 19.4. The number of thioether (sulfide) groups is 1. The topological polar surface area (TPSA) is 105 Å². The van der Waals surface area contributed by atoms with E-state index < -0.39 is 29.4 Å². The lowest BCUT2D eigenvalue weighted by Crippen LogP contribution is -2.42. The van der Waals surface area contributed by atoms with E-state index in [1.165, 1.54) is 24.3 Å². The van der Waals surface area contributed by atoms with Crippen molar-refractivity contribution >= 4 is 46.5 Å². The summed E-state index contributed by atoms with van der Waals surface area (Å²) in [5.41, 5.74) is 1.01. The molecule has 0 aliphatic carbocycles. The smallest absolute Gasteiger partial charge is 0.294 e. The number of hydrogen-bond donors (Lipinski definition) is 1. The van der Waals surface area contributed by atoms with Crippen molar-refractivity contribution in [3.05, 3.63) is 64.8 Å². The number of benzene rings is 2. The van der Waals surface area contributed by atoms with Gasteiger partial charge in [0, 0.05) is 18.8 Å². The Bertz CT molecular complexity index is 1150. The molecule has 4 rings (SSSR count). The first-order chi connectivity index (χ1) is 16.9. The van der Waals surface area contributed by atoms with Gasteiger partial charge >= 0.3 is 0 Å². The monoisotopic (exact) mass is 499 g/mol. The standard InChI is InChI=1S/C24H22FN3O6S/c25-17-3-5-18(6-4-17)26-21(29)14-28-23(31)20(35-24(28)32)13-16-1-7-19(8-2-16)34-15-22(30)27-9-11-33-12-10-27/h1-8,13H,9-12,14-15H2,(H,26,29)/b20-13+. The number of rotatable bonds is 7. The Hall–Kier alpha value is -3.70. The second kappa shape index (κ2) is 11.2. The Kier molecular flexibility index (Phi) is 7.78. The third-order valence-electron chi connectivity index (χ3n) is 5.21. The molecule has 1 N–H and O–H groups in total. The maximum absolute atomic E-state index is 13.0. The number of carbonyl (C=O) groups is 4. The molecule has 0 saturated carbocycles. The quantitative estimate of drug-likeness (QED) is 0.584. The van der Waals surface area contributed by atoms with Gasteiger partial charge in [0.05, 0.1) is 18.1 Å². The highest BCUT2D eigenvalue weighted by molar-refractivity contribution is 8.18. The van der Waals surface area contributed by atoms with Crippen molar-refractivity contribution in [2.45, 2.75) is 0 Å². The van der Waals surface area contributed by atoms with Gasteiger partial charge in [-0.15, -0.1) is 0 Å². The molecule has 0 radical (unpaired) electrons. The molecule has 2 aromatic rings. The van der Waals surface area contributed by atoms with Crippen LogP contribution in [0.15, 0.2) is 53.4 Å². The zero-order valence-electron chi connectivity index (χ0n) is 18.6. The third kappa shape index (κ3) is 6.46. The first-order valence-electron chi connectivity index (χ1n) is 10.8. The number of carbonyl (C=O) groups excluding carboxylic acids is 4. The number of morpholine rings is 1. The van der Waals surface area contributed by atoms with Crippen molar-refractivity contribution in [2.75, 3.05) is 44.8 Å². The number of hydrogen-bond acceptors (Lipinski definition) is 7. The van der Waals surface area contributed by atoms with E-state index in [2.05, 4.69) is 5.32 Å². The maximum Gasteiger partial charge on any atom is 0.294 e. The van der Waals surface area contributed by atoms with E-state index in [0.717, 1.165) is 16.7 Å². The van der Waals surface area contributed by atoms with E-state index in [1.54, 1.807) is 35.2 Å². The lowest BCUT2D eigenvalue weighted by molar-refractivity contribution is -0.137. The molecule has 2 fully saturated rings. The summed E-state index contributed by atoms with van der Waals surface area (Å²) in [5, 5.41) is 1.96. The van der Waals surface area contributed by atoms with Gasteiger partial charge in [-0.2, -0.15) is 0 Å². The lowest BCUT2D eigenvalue weighted by atomic mass is 10.2. The largest absolute Gasteiger partial charge is 0.484 e. The van der Waals surface area contributed by atoms with Gasteiger partial charge in [0.15, 0.2) is 6.61 Å². The van der Waals surface area contributed by atoms with Gasteiger partial charge < -0.3 is 19.7 Å². The minimum absolute atomic E-state index is 0.0851. The summed E-state index contributed by atoms with van der Waals surface area (Å²) in [6.45, 7) is 1.59. The van der Waals surface area contributed by atoms with Gasteiger partial charge in [0.1, 0.15) is 18.1 Å². The van der Waals surface area contributed by atoms with Crippen molar-refractivity contribution < 1.29 is 33.0 Å². The van der Waals surface area contributed by atoms with Crippen LogP contribution in [0.3, 0.4) is 0 Å². The van der Waals surface area contributed by atoms with Crippen LogP contribution in [0.25, 0.3) is 6.08 Å². The molecule has 0 unspecified atom stereocenters. The van der Waals surface area contributed by atoms with Gasteiger partial charge in [0.25, 0.3) is 17.1 Å². The molecule has 182 valence electrons. The molecule has 9 nitrogen and oxygen atoms in total. The van der Waals surface area contributed by atoms with Crippen LogP contribution in [-0.4, -0.2) is 72.2 Å². The molecule has 2 aliphatic heterocycles. The molecule has 0 spiro atoms. The van der Waals surface area contributed by atoms with E-state index >= 15 is 0 Å². The highest BCUT2D eigenvalue weighted by Crippen LogP contribution is 2.32. The molecule has 2 saturated heterocycles. The first kappa shape index (κ1) is 24.4. The summed E-state index contributed by atoms with van der Waals surface area (Å²) >= 11 is 0.738. The van der Waals surface area contributed by atoms with E-state index in [9.17, 15) is 23.6 Å². The fourth-order valence-electron chi connectivity index (χ4n) is 3.37. The van der Waals surface area contributed by atoms with Gasteiger partial charge in [-0.3, -0.25) is 24.1 Å². The predicted octanol–water partition coefficient (Wildman–Crippen LogP) is 2.74. The van der Waals surface area contributed by atoms with Crippen molar-refractivity contribution in [3.63, 3.8) is 0 Å². The Morgan fingerprint density at radius 1 is 1.06 bits per heavy atom. The molecule has 11 heteroatoms. The number of imide groups is 1. The van der Waals surface area contributed by atoms with Crippen molar-refractivity contribution in [1.82, 2.24) is 9.80 Å². The van der Waals surface area contributed by atoms with Gasteiger partial charge in [-0.05, 0) is 59.8 Å². The number of nitrogens with one attached hydrogen (secondary N) is 1. The lowest BCUT2D eigenvalue weighted by Gasteiger charge is -2.26. The highest BCUT2D eigenvalue weighted by Gasteiger charge is 2.36. The Morgan fingerprint density at radius 3 is 2.43 bits per heavy atom. The van der Waals surface area contributed by atoms with Crippen molar-refractivity contribution in [2.24, 2.45) is 0 Å². The maximum atomic E-state index is 13.0. The molecular weight excluding hydrogens is 477 g/mol. The van der Waals surface area contributed by atoms with Crippen molar-refractivity contribution in [1.29, 1.82) is 0 Å². The minimum atomic E-state index is -0.578. The minimum Gasteiger partial charge on any atom is -0.484 e. The Balaban J connectivity index is 1.31. The van der Waals surface area contributed by atoms with E-state index in [1.807, 2.05) is 0 Å². The molecule has 2 aliphatic rings. The fourth-order valence-corrected chi connectivity index (χ4v) is 4.21. The predicted molar refractivity (Wildman–Crippen MR) is 127 cm³/mol. The number of halogens is 1. The summed E-state index contributed by atoms with van der Waals surface area (Å²) < 4.78 is 23.8. The van der Waals surface area contributed by atoms with Crippen LogP contribution in [0.2, 0.25) is 0 Å². The molecule has 0 atom stereocenters. The third-order valence-corrected chi connectivity index (χ3v) is 6.11. The van der Waals surface area contributed by atoms with Gasteiger partial charge in [-0.25, -0.2) is 4.39 Å². The molecule has 2 heterocycles. The number of anilines is 1. The molecular formula is C24H22FN3O6S. The summed E-state index contributed by atoms with van der Waals surface area (Å²) in [6, 6.07) is 11.9. The molecule has 2 aromatic carbocycles. The second-order valence-electron chi connectivity index (χ2n) is 7.67. The molecule has 0 aromatic heterocycles. The number of nitrogens with zero attached hydrogens (tertiary/aromatic N) is 2. The van der Waals surface area contributed by atoms with Crippen LogP contribution < -0.4 is 10.1 Å². The normalized spacial score (nSPS) is 17.1. The highest BCUT2D eigenvalue weighted by atomic mass is 32.2. The Morgan fingerprint density at radius 2 is 1.74 bits per heavy atom. The van der Waals surface area contributed by atoms with Crippen LogP contribution in [0.4, 0.5) is 14.9 Å². The molecule has 4 amide bonds. The Labute approximate surface area is 204 Å². The zero-order chi connectivity index (χ0) is 24.8.